The van der Waals surface area contributed by atoms with Crippen LogP contribution in [0.1, 0.15) is 34.6 Å². The van der Waals surface area contributed by atoms with Crippen LogP contribution in [-0.2, 0) is 19.5 Å². The van der Waals surface area contributed by atoms with Crippen molar-refractivity contribution in [2.75, 3.05) is 7.11 Å². The summed E-state index contributed by atoms with van der Waals surface area (Å²) < 4.78 is 29.8. The molecule has 0 fully saturated rings. The van der Waals surface area contributed by atoms with Crippen LogP contribution < -0.4 is 20.5 Å². The second kappa shape index (κ2) is 9.16. The van der Waals surface area contributed by atoms with Gasteiger partial charge in [-0.25, -0.2) is 4.39 Å². The average Bonchev–Trinajstić information content (AvgIpc) is 3.19. The van der Waals surface area contributed by atoms with E-state index < -0.39 is 5.82 Å². The summed E-state index contributed by atoms with van der Waals surface area (Å²) in [4.78, 5) is 16.6. The molecular weight excluding hydrogens is 379 g/mol. The lowest BCUT2D eigenvalue weighted by Crippen LogP contribution is -2.23. The Balaban J connectivity index is 1.77. The molecule has 0 spiro atoms. The zero-order valence-corrected chi connectivity index (χ0v) is 16.1. The van der Waals surface area contributed by atoms with Gasteiger partial charge in [0.2, 0.25) is 5.89 Å². The van der Waals surface area contributed by atoms with Crippen LogP contribution >= 0.6 is 0 Å². The maximum absolute atomic E-state index is 13.7. The van der Waals surface area contributed by atoms with Crippen molar-refractivity contribution in [3.05, 3.63) is 65.1 Å². The summed E-state index contributed by atoms with van der Waals surface area (Å²) in [5, 5.41) is 6.48. The van der Waals surface area contributed by atoms with E-state index in [1.54, 1.807) is 18.2 Å². The average molecular weight is 400 g/mol. The van der Waals surface area contributed by atoms with Crippen LogP contribution in [-0.4, -0.2) is 23.2 Å². The van der Waals surface area contributed by atoms with Crippen LogP contribution in [0, 0.1) is 5.82 Å². The van der Waals surface area contributed by atoms with Gasteiger partial charge in [-0.3, -0.25) is 4.79 Å². The lowest BCUT2D eigenvalue weighted by atomic mass is 10.1. The lowest BCUT2D eigenvalue weighted by molar-refractivity contribution is 0.0946. The van der Waals surface area contributed by atoms with E-state index in [0.29, 0.717) is 35.0 Å². The highest BCUT2D eigenvalue weighted by Crippen LogP contribution is 2.33. The molecule has 0 saturated carbocycles. The number of methoxy groups -OCH3 is 1. The van der Waals surface area contributed by atoms with Gasteiger partial charge in [0.15, 0.2) is 17.3 Å². The molecule has 152 valence electrons. The first kappa shape index (κ1) is 20.3. The highest BCUT2D eigenvalue weighted by molar-refractivity contribution is 5.94. The van der Waals surface area contributed by atoms with Gasteiger partial charge in [0.1, 0.15) is 11.6 Å². The van der Waals surface area contributed by atoms with Gasteiger partial charge in [0, 0.05) is 24.6 Å². The number of carbonyl (C=O) groups excluding carboxylic acids is 1. The first-order valence-electron chi connectivity index (χ1n) is 8.97. The van der Waals surface area contributed by atoms with Gasteiger partial charge in [-0.15, -0.1) is 0 Å². The highest BCUT2D eigenvalue weighted by Gasteiger charge is 2.14. The van der Waals surface area contributed by atoms with E-state index >= 15 is 0 Å². The number of nitrogens with two attached hydrogens (primary N) is 1. The van der Waals surface area contributed by atoms with Crippen molar-refractivity contribution >= 4 is 5.91 Å². The fourth-order valence-electron chi connectivity index (χ4n) is 2.59. The van der Waals surface area contributed by atoms with Gasteiger partial charge in [0.25, 0.3) is 5.91 Å². The van der Waals surface area contributed by atoms with E-state index in [-0.39, 0.29) is 30.5 Å². The van der Waals surface area contributed by atoms with Crippen molar-refractivity contribution in [1.82, 2.24) is 15.5 Å². The van der Waals surface area contributed by atoms with Crippen LogP contribution in [0.15, 0.2) is 40.9 Å². The summed E-state index contributed by atoms with van der Waals surface area (Å²) in [5.74, 6) is 0.955. The number of rotatable bonds is 8. The predicted molar refractivity (Wildman–Crippen MR) is 102 cm³/mol. The minimum absolute atomic E-state index is 0.0950. The van der Waals surface area contributed by atoms with Crippen molar-refractivity contribution in [3.63, 3.8) is 0 Å². The van der Waals surface area contributed by atoms with Gasteiger partial charge in [-0.1, -0.05) is 12.1 Å². The summed E-state index contributed by atoms with van der Waals surface area (Å²) >= 11 is 0. The molecule has 1 aromatic heterocycles. The van der Waals surface area contributed by atoms with Crippen molar-refractivity contribution in [3.8, 4) is 17.2 Å². The van der Waals surface area contributed by atoms with Crippen molar-refractivity contribution in [2.45, 2.75) is 26.4 Å². The Labute approximate surface area is 166 Å². The smallest absolute Gasteiger partial charge is 0.251 e. The predicted octanol–water partition coefficient (Wildman–Crippen LogP) is 2.96. The monoisotopic (exact) mass is 400 g/mol. The molecule has 9 heteroatoms. The number of halogens is 1. The summed E-state index contributed by atoms with van der Waals surface area (Å²) in [5.41, 5.74) is 6.48. The minimum atomic E-state index is -0.471. The van der Waals surface area contributed by atoms with Gasteiger partial charge in [0.05, 0.1) is 13.7 Å². The Morgan fingerprint density at radius 3 is 2.76 bits per heavy atom. The van der Waals surface area contributed by atoms with Crippen LogP contribution in [0.3, 0.4) is 0 Å². The molecule has 8 nitrogen and oxygen atoms in total. The van der Waals surface area contributed by atoms with Crippen LogP contribution in [0.25, 0.3) is 0 Å². The summed E-state index contributed by atoms with van der Waals surface area (Å²) in [6.07, 6.45) is 0.641. The lowest BCUT2D eigenvalue weighted by Gasteiger charge is -2.13. The zero-order chi connectivity index (χ0) is 20.8. The number of aryl methyl sites for hydroxylation is 1. The number of benzene rings is 2. The third kappa shape index (κ3) is 5.08. The number of nitrogens with one attached hydrogen (secondary N) is 1. The fraction of sp³-hybridized carbons (Fsp3) is 0.250. The molecule has 1 heterocycles. The molecule has 2 aromatic carbocycles. The largest absolute Gasteiger partial charge is 0.493 e. The molecule has 3 aromatic rings. The fourth-order valence-corrected chi connectivity index (χ4v) is 2.59. The molecule has 0 aliphatic rings. The van der Waals surface area contributed by atoms with Crippen LogP contribution in [0.2, 0.25) is 0 Å². The topological polar surface area (TPSA) is 112 Å². The Hall–Kier alpha value is -3.46. The Morgan fingerprint density at radius 2 is 2.07 bits per heavy atom. The molecule has 0 bridgehead atoms. The van der Waals surface area contributed by atoms with E-state index in [1.165, 1.54) is 25.3 Å². The second-order valence-electron chi connectivity index (χ2n) is 6.11. The number of aromatic nitrogens is 2. The summed E-state index contributed by atoms with van der Waals surface area (Å²) in [6, 6.07) is 8.86. The van der Waals surface area contributed by atoms with Crippen LogP contribution in [0.5, 0.6) is 17.2 Å². The van der Waals surface area contributed by atoms with E-state index in [1.807, 2.05) is 6.92 Å². The molecule has 3 N–H and O–H groups in total. The summed E-state index contributed by atoms with van der Waals surface area (Å²) in [6.45, 7) is 2.17. The first-order chi connectivity index (χ1) is 14.0. The normalized spacial score (nSPS) is 10.6. The highest BCUT2D eigenvalue weighted by atomic mass is 19.1. The zero-order valence-electron chi connectivity index (χ0n) is 16.1. The quantitative estimate of drug-likeness (QED) is 0.598. The molecule has 1 amide bonds. The van der Waals surface area contributed by atoms with Gasteiger partial charge < -0.3 is 25.0 Å². The van der Waals surface area contributed by atoms with Gasteiger partial charge >= 0.3 is 0 Å². The van der Waals surface area contributed by atoms with Gasteiger partial charge in [-0.05, 0) is 35.9 Å². The van der Waals surface area contributed by atoms with Crippen molar-refractivity contribution in [2.24, 2.45) is 5.73 Å². The number of amides is 1. The molecule has 0 aliphatic heterocycles. The van der Waals surface area contributed by atoms with Crippen molar-refractivity contribution < 1.29 is 23.2 Å². The number of nitrogens with zero attached hydrogens (tertiary/aromatic N) is 2. The Kier molecular flexibility index (Phi) is 6.40. The second-order valence-corrected chi connectivity index (χ2v) is 6.11. The van der Waals surface area contributed by atoms with E-state index in [0.717, 1.165) is 0 Å². The number of hydrogen-bond donors (Lipinski definition) is 2. The summed E-state index contributed by atoms with van der Waals surface area (Å²) in [7, 11) is 1.47. The maximum Gasteiger partial charge on any atom is 0.251 e. The first-order valence-corrected chi connectivity index (χ1v) is 8.97. The third-order valence-corrected chi connectivity index (χ3v) is 4.05. The number of carbonyl (C=O) groups is 1. The standard InChI is InChI=1S/C20H21FN4O4/c1-3-18-24-19(29-25-18)11-23-20(26)13-4-5-16(27-2)17(8-13)28-15-7-12(10-22)6-14(21)9-15/h4-9H,3,10-11,22H2,1-2H3,(H,23,26). The number of hydrogen-bond acceptors (Lipinski definition) is 7. The molecular formula is C20H21FN4O4. The molecule has 29 heavy (non-hydrogen) atoms. The number of ether oxygens (including phenoxy) is 2. The molecule has 0 aliphatic carbocycles. The van der Waals surface area contributed by atoms with E-state index in [4.69, 9.17) is 19.7 Å². The molecule has 0 atom stereocenters. The molecule has 3 rings (SSSR count). The van der Waals surface area contributed by atoms with E-state index in [2.05, 4.69) is 15.5 Å². The van der Waals surface area contributed by atoms with Crippen LogP contribution in [0.4, 0.5) is 4.39 Å². The molecule has 0 saturated heterocycles. The van der Waals surface area contributed by atoms with Crippen molar-refractivity contribution in [1.29, 1.82) is 0 Å². The Morgan fingerprint density at radius 1 is 1.24 bits per heavy atom. The Bertz CT molecular complexity index is 1010. The third-order valence-electron chi connectivity index (χ3n) is 4.05. The molecule has 0 unspecified atom stereocenters. The van der Waals surface area contributed by atoms with E-state index in [9.17, 15) is 9.18 Å². The minimum Gasteiger partial charge on any atom is -0.493 e. The maximum atomic E-state index is 13.7. The molecule has 0 radical (unpaired) electrons. The van der Waals surface area contributed by atoms with Gasteiger partial charge in [-0.2, -0.15) is 4.98 Å². The SMILES string of the molecule is CCc1noc(CNC(=O)c2ccc(OC)c(Oc3cc(F)cc(CN)c3)c2)n1.